The Hall–Kier alpha value is -3.12. The first-order chi connectivity index (χ1) is 15.3. The van der Waals surface area contributed by atoms with E-state index in [4.69, 9.17) is 9.47 Å². The normalized spacial score (nSPS) is 14.2. The molecule has 1 aliphatic rings. The third-order valence-corrected chi connectivity index (χ3v) is 5.26. The third kappa shape index (κ3) is 5.37. The highest BCUT2D eigenvalue weighted by Gasteiger charge is 2.39. The first kappa shape index (κ1) is 23.5. The van der Waals surface area contributed by atoms with Crippen LogP contribution in [0.5, 0.6) is 5.75 Å². The number of hydrogen-bond donors (Lipinski definition) is 1. The van der Waals surface area contributed by atoms with Crippen molar-refractivity contribution in [2.75, 3.05) is 32.2 Å². The Balaban J connectivity index is 1.93. The average molecular weight is 437 g/mol. The number of amides is 2. The van der Waals surface area contributed by atoms with Crippen LogP contribution in [0.3, 0.4) is 0 Å². The minimum Gasteiger partial charge on any atom is -0.493 e. The van der Waals surface area contributed by atoms with Crippen molar-refractivity contribution in [1.82, 2.24) is 4.90 Å². The summed E-state index contributed by atoms with van der Waals surface area (Å²) in [6.45, 7) is 9.52. The molecule has 0 aliphatic carbocycles. The summed E-state index contributed by atoms with van der Waals surface area (Å²) in [6.07, 6.45) is 0. The number of ether oxygens (including phenoxy) is 2. The van der Waals surface area contributed by atoms with Crippen LogP contribution in [0.15, 0.2) is 54.2 Å². The van der Waals surface area contributed by atoms with Gasteiger partial charge in [0.15, 0.2) is 0 Å². The van der Waals surface area contributed by atoms with Crippen LogP contribution < -0.4 is 10.1 Å². The molecule has 1 aliphatic heterocycles. The van der Waals surface area contributed by atoms with Crippen molar-refractivity contribution in [2.45, 2.75) is 33.6 Å². The lowest BCUT2D eigenvalue weighted by Gasteiger charge is -2.14. The molecule has 6 nitrogen and oxygen atoms in total. The summed E-state index contributed by atoms with van der Waals surface area (Å²) < 4.78 is 10.8. The standard InChI is InChI=1S/C26H32N2O4/c1-17(2)16-32-22-12-8-20(9-13-22)23-24(26(30)28(25(23)29)14-15-31-5)27-21-10-6-19(7-11-21)18(3)4/h6-13,17-18,27H,14-16H2,1-5H3. The summed E-state index contributed by atoms with van der Waals surface area (Å²) in [6, 6.07) is 15.2. The fourth-order valence-electron chi connectivity index (χ4n) is 3.42. The Labute approximate surface area is 190 Å². The summed E-state index contributed by atoms with van der Waals surface area (Å²) in [5.41, 5.74) is 3.26. The van der Waals surface area contributed by atoms with Crippen molar-refractivity contribution in [3.63, 3.8) is 0 Å². The minimum absolute atomic E-state index is 0.199. The molecule has 3 rings (SSSR count). The van der Waals surface area contributed by atoms with E-state index in [1.54, 1.807) is 7.11 Å². The van der Waals surface area contributed by atoms with Gasteiger partial charge >= 0.3 is 0 Å². The second kappa shape index (κ2) is 10.5. The molecule has 6 heteroatoms. The largest absolute Gasteiger partial charge is 0.493 e. The molecule has 0 spiro atoms. The number of nitrogens with one attached hydrogen (secondary N) is 1. The van der Waals surface area contributed by atoms with Gasteiger partial charge in [0.1, 0.15) is 11.4 Å². The molecule has 0 bridgehead atoms. The molecule has 0 saturated carbocycles. The summed E-state index contributed by atoms with van der Waals surface area (Å²) in [4.78, 5) is 27.5. The number of hydrogen-bond acceptors (Lipinski definition) is 5. The van der Waals surface area contributed by atoms with E-state index < -0.39 is 0 Å². The number of imide groups is 1. The van der Waals surface area contributed by atoms with Crippen LogP contribution in [0, 0.1) is 5.92 Å². The van der Waals surface area contributed by atoms with Gasteiger partial charge in [-0.2, -0.15) is 0 Å². The first-order valence-corrected chi connectivity index (χ1v) is 11.0. The maximum absolute atomic E-state index is 13.2. The first-order valence-electron chi connectivity index (χ1n) is 11.0. The van der Waals surface area contributed by atoms with E-state index in [9.17, 15) is 9.59 Å². The van der Waals surface area contributed by atoms with Crippen LogP contribution in [0.2, 0.25) is 0 Å². The zero-order chi connectivity index (χ0) is 23.3. The predicted molar refractivity (Wildman–Crippen MR) is 126 cm³/mol. The Morgan fingerprint density at radius 3 is 2.12 bits per heavy atom. The molecule has 1 N–H and O–H groups in total. The number of rotatable bonds is 10. The van der Waals surface area contributed by atoms with Crippen LogP contribution >= 0.6 is 0 Å². The monoisotopic (exact) mass is 436 g/mol. The lowest BCUT2D eigenvalue weighted by Crippen LogP contribution is -2.35. The third-order valence-electron chi connectivity index (χ3n) is 5.26. The maximum atomic E-state index is 13.2. The fourth-order valence-corrected chi connectivity index (χ4v) is 3.42. The van der Waals surface area contributed by atoms with Gasteiger partial charge in [0.2, 0.25) is 0 Å². The lowest BCUT2D eigenvalue weighted by atomic mass is 10.0. The molecule has 0 saturated heterocycles. The number of carbonyl (C=O) groups excluding carboxylic acids is 2. The minimum atomic E-state index is -0.352. The van der Waals surface area contributed by atoms with Gasteiger partial charge in [-0.05, 0) is 47.2 Å². The maximum Gasteiger partial charge on any atom is 0.278 e. The van der Waals surface area contributed by atoms with Gasteiger partial charge in [-0.25, -0.2) is 0 Å². The smallest absolute Gasteiger partial charge is 0.278 e. The summed E-state index contributed by atoms with van der Waals surface area (Å²) in [5.74, 6) is 0.877. The van der Waals surface area contributed by atoms with Gasteiger partial charge in [-0.1, -0.05) is 52.0 Å². The van der Waals surface area contributed by atoms with Crippen LogP contribution in [0.1, 0.15) is 44.7 Å². The van der Waals surface area contributed by atoms with Crippen molar-refractivity contribution in [3.05, 3.63) is 65.4 Å². The molecule has 0 fully saturated rings. The van der Waals surface area contributed by atoms with Gasteiger partial charge in [0.25, 0.3) is 11.8 Å². The van der Waals surface area contributed by atoms with Crippen LogP contribution in [-0.4, -0.2) is 43.6 Å². The average Bonchev–Trinajstić information content (AvgIpc) is 3.00. The highest BCUT2D eigenvalue weighted by atomic mass is 16.5. The SMILES string of the molecule is COCCN1C(=O)C(Nc2ccc(C(C)C)cc2)=C(c2ccc(OCC(C)C)cc2)C1=O. The molecule has 0 atom stereocenters. The van der Waals surface area contributed by atoms with Crippen molar-refractivity contribution in [1.29, 1.82) is 0 Å². The second-order valence-electron chi connectivity index (χ2n) is 8.64. The molecule has 0 unspecified atom stereocenters. The van der Waals surface area contributed by atoms with Crippen molar-refractivity contribution in [2.24, 2.45) is 5.92 Å². The summed E-state index contributed by atoms with van der Waals surface area (Å²) >= 11 is 0. The highest BCUT2D eigenvalue weighted by Crippen LogP contribution is 2.31. The second-order valence-corrected chi connectivity index (χ2v) is 8.64. The van der Waals surface area contributed by atoms with Gasteiger partial charge in [0, 0.05) is 12.8 Å². The number of anilines is 1. The predicted octanol–water partition coefficient (Wildman–Crippen LogP) is 4.68. The van der Waals surface area contributed by atoms with E-state index in [0.29, 0.717) is 29.6 Å². The molecule has 1 heterocycles. The van der Waals surface area contributed by atoms with E-state index in [0.717, 1.165) is 11.4 Å². The van der Waals surface area contributed by atoms with Gasteiger partial charge in [0.05, 0.1) is 25.3 Å². The molecule has 2 aromatic rings. The van der Waals surface area contributed by atoms with Crippen molar-refractivity contribution >= 4 is 23.1 Å². The van der Waals surface area contributed by atoms with Crippen LogP contribution in [-0.2, 0) is 14.3 Å². The van der Waals surface area contributed by atoms with E-state index in [1.165, 1.54) is 10.5 Å². The van der Waals surface area contributed by atoms with E-state index in [2.05, 4.69) is 33.0 Å². The number of nitrogens with zero attached hydrogens (tertiary/aromatic N) is 1. The molecule has 2 amide bonds. The molecule has 32 heavy (non-hydrogen) atoms. The summed E-state index contributed by atoms with van der Waals surface area (Å²) in [7, 11) is 1.55. The number of methoxy groups -OCH3 is 1. The van der Waals surface area contributed by atoms with Gasteiger partial charge in [-0.15, -0.1) is 0 Å². The zero-order valence-electron chi connectivity index (χ0n) is 19.5. The Morgan fingerprint density at radius 2 is 1.56 bits per heavy atom. The Bertz CT molecular complexity index is 976. The highest BCUT2D eigenvalue weighted by molar-refractivity contribution is 6.36. The van der Waals surface area contributed by atoms with Crippen LogP contribution in [0.25, 0.3) is 5.57 Å². The zero-order valence-corrected chi connectivity index (χ0v) is 19.5. The molecule has 0 aromatic heterocycles. The van der Waals surface area contributed by atoms with Gasteiger partial charge < -0.3 is 14.8 Å². The molecular formula is C26H32N2O4. The topological polar surface area (TPSA) is 67.9 Å². The Morgan fingerprint density at radius 1 is 0.906 bits per heavy atom. The molecule has 2 aromatic carbocycles. The van der Waals surface area contributed by atoms with Crippen LogP contribution in [0.4, 0.5) is 5.69 Å². The molecule has 0 radical (unpaired) electrons. The van der Waals surface area contributed by atoms with E-state index in [-0.39, 0.29) is 30.7 Å². The Kier molecular flexibility index (Phi) is 7.70. The van der Waals surface area contributed by atoms with Crippen molar-refractivity contribution in [3.8, 4) is 5.75 Å². The van der Waals surface area contributed by atoms with E-state index in [1.807, 2.05) is 48.5 Å². The summed E-state index contributed by atoms with van der Waals surface area (Å²) in [5, 5.41) is 3.19. The van der Waals surface area contributed by atoms with Crippen molar-refractivity contribution < 1.29 is 19.1 Å². The fraction of sp³-hybridized carbons (Fsp3) is 0.385. The lowest BCUT2D eigenvalue weighted by molar-refractivity contribution is -0.137. The number of carbonyl (C=O) groups is 2. The van der Waals surface area contributed by atoms with Gasteiger partial charge in [-0.3, -0.25) is 14.5 Å². The number of benzene rings is 2. The molecule has 170 valence electrons. The van der Waals surface area contributed by atoms with E-state index >= 15 is 0 Å². The molecular weight excluding hydrogens is 404 g/mol. The quantitative estimate of drug-likeness (QED) is 0.548.